The van der Waals surface area contributed by atoms with Crippen molar-refractivity contribution in [1.29, 1.82) is 0 Å². The lowest BCUT2D eigenvalue weighted by atomic mass is 10.2. The van der Waals surface area contributed by atoms with Gasteiger partial charge in [-0.1, -0.05) is 57.5 Å². The van der Waals surface area contributed by atoms with Crippen LogP contribution in [0.15, 0.2) is 24.3 Å². The highest BCUT2D eigenvalue weighted by atomic mass is 35.5. The molecule has 1 aromatic carbocycles. The van der Waals surface area contributed by atoms with E-state index in [1.54, 1.807) is 6.07 Å². The lowest BCUT2D eigenvalue weighted by Crippen LogP contribution is -2.14. The van der Waals surface area contributed by atoms with Crippen molar-refractivity contribution < 1.29 is 9.53 Å². The van der Waals surface area contributed by atoms with Crippen LogP contribution in [0.25, 0.3) is 0 Å². The molecular weight excluding hydrogens is 332 g/mol. The van der Waals surface area contributed by atoms with E-state index in [1.165, 1.54) is 11.5 Å². The monoisotopic (exact) mass is 356 g/mol. The van der Waals surface area contributed by atoms with Gasteiger partial charge in [-0.15, -0.1) is 0 Å². The summed E-state index contributed by atoms with van der Waals surface area (Å²) in [5, 5.41) is 3.28. The predicted octanol–water partition coefficient (Wildman–Crippen LogP) is 6.21. The number of amides is 1. The van der Waals surface area contributed by atoms with Gasteiger partial charge < -0.3 is 4.74 Å². The van der Waals surface area contributed by atoms with Crippen LogP contribution in [0.3, 0.4) is 0 Å². The van der Waals surface area contributed by atoms with Crippen molar-refractivity contribution in [2.45, 2.75) is 48.1 Å². The normalized spacial score (nSPS) is 9.00. The fourth-order valence-electron chi connectivity index (χ4n) is 1.56. The molecule has 0 spiro atoms. The summed E-state index contributed by atoms with van der Waals surface area (Å²) in [7, 11) is 0. The number of benzene rings is 1. The zero-order valence-corrected chi connectivity index (χ0v) is 16.1. The molecule has 2 rings (SSSR count). The van der Waals surface area contributed by atoms with Gasteiger partial charge in [-0.2, -0.15) is 4.37 Å². The fourth-order valence-corrected chi connectivity index (χ4v) is 2.40. The second kappa shape index (κ2) is 11.9. The molecule has 1 aromatic heterocycles. The SMILES string of the molecule is CC.CC.Cc1nsc(C)c1NC(=O)OCc1ccccc1Cl. The number of carbonyl (C=O) groups is 1. The molecule has 0 atom stereocenters. The molecule has 1 heterocycles. The molecule has 0 fully saturated rings. The van der Waals surface area contributed by atoms with Crippen LogP contribution in [-0.2, 0) is 11.3 Å². The van der Waals surface area contributed by atoms with Crippen molar-refractivity contribution in [3.63, 3.8) is 0 Å². The molecule has 0 aliphatic heterocycles. The Bertz CT molecular complexity index is 581. The molecule has 2 aromatic rings. The molecule has 0 unspecified atom stereocenters. The van der Waals surface area contributed by atoms with Crippen LogP contribution < -0.4 is 5.32 Å². The number of aryl methyl sites for hydroxylation is 2. The summed E-state index contributed by atoms with van der Waals surface area (Å²) >= 11 is 7.33. The van der Waals surface area contributed by atoms with Crippen LogP contribution >= 0.6 is 23.1 Å². The molecule has 0 aliphatic rings. The van der Waals surface area contributed by atoms with Crippen LogP contribution in [0.4, 0.5) is 10.5 Å². The largest absolute Gasteiger partial charge is 0.444 e. The van der Waals surface area contributed by atoms with Crippen molar-refractivity contribution in [2.75, 3.05) is 5.32 Å². The summed E-state index contributed by atoms with van der Waals surface area (Å²) in [4.78, 5) is 12.7. The van der Waals surface area contributed by atoms with E-state index >= 15 is 0 Å². The molecule has 0 radical (unpaired) electrons. The topological polar surface area (TPSA) is 51.2 Å². The first-order chi connectivity index (χ1) is 11.1. The molecule has 0 saturated carbocycles. The second-order valence-electron chi connectivity index (χ2n) is 3.99. The minimum Gasteiger partial charge on any atom is -0.444 e. The summed E-state index contributed by atoms with van der Waals surface area (Å²) in [5.74, 6) is 0. The minimum atomic E-state index is -0.508. The molecule has 0 saturated heterocycles. The van der Waals surface area contributed by atoms with Crippen molar-refractivity contribution >= 4 is 34.9 Å². The number of ether oxygens (including phenoxy) is 1. The fraction of sp³-hybridized carbons (Fsp3) is 0.412. The van der Waals surface area contributed by atoms with Crippen molar-refractivity contribution in [1.82, 2.24) is 4.37 Å². The third-order valence-corrected chi connectivity index (χ3v) is 3.79. The summed E-state index contributed by atoms with van der Waals surface area (Å²) < 4.78 is 9.29. The van der Waals surface area contributed by atoms with E-state index in [1.807, 2.05) is 59.7 Å². The highest BCUT2D eigenvalue weighted by molar-refractivity contribution is 7.06. The van der Waals surface area contributed by atoms with Crippen molar-refractivity contribution in [3.05, 3.63) is 45.4 Å². The Hall–Kier alpha value is -1.59. The van der Waals surface area contributed by atoms with Crippen LogP contribution in [0.1, 0.15) is 43.8 Å². The van der Waals surface area contributed by atoms with Gasteiger partial charge in [0.1, 0.15) is 6.61 Å². The number of aromatic nitrogens is 1. The predicted molar refractivity (Wildman–Crippen MR) is 99.5 cm³/mol. The maximum absolute atomic E-state index is 11.7. The van der Waals surface area contributed by atoms with E-state index in [2.05, 4.69) is 9.69 Å². The first-order valence-corrected chi connectivity index (χ1v) is 8.83. The van der Waals surface area contributed by atoms with E-state index < -0.39 is 6.09 Å². The number of rotatable bonds is 3. The maximum Gasteiger partial charge on any atom is 0.412 e. The number of nitrogens with one attached hydrogen (secondary N) is 1. The van der Waals surface area contributed by atoms with Gasteiger partial charge in [0.15, 0.2) is 0 Å². The van der Waals surface area contributed by atoms with Gasteiger partial charge in [0.25, 0.3) is 0 Å². The highest BCUT2D eigenvalue weighted by Gasteiger charge is 2.11. The summed E-state index contributed by atoms with van der Waals surface area (Å²) in [6, 6.07) is 7.25. The second-order valence-corrected chi connectivity index (χ2v) is 5.38. The molecular formula is C17H25ClN2O2S. The minimum absolute atomic E-state index is 0.140. The zero-order valence-electron chi connectivity index (χ0n) is 14.6. The van der Waals surface area contributed by atoms with Crippen molar-refractivity contribution in [2.24, 2.45) is 0 Å². The number of carbonyl (C=O) groups excluding carboxylic acids is 1. The molecule has 4 nitrogen and oxygen atoms in total. The van der Waals surface area contributed by atoms with Crippen LogP contribution in [0, 0.1) is 13.8 Å². The molecule has 0 aliphatic carbocycles. The first kappa shape index (κ1) is 21.4. The van der Waals surface area contributed by atoms with Crippen molar-refractivity contribution in [3.8, 4) is 0 Å². The van der Waals surface area contributed by atoms with Gasteiger partial charge in [0, 0.05) is 15.5 Å². The van der Waals surface area contributed by atoms with Gasteiger partial charge >= 0.3 is 6.09 Å². The Morgan fingerprint density at radius 3 is 2.35 bits per heavy atom. The highest BCUT2D eigenvalue weighted by Crippen LogP contribution is 2.23. The quantitative estimate of drug-likeness (QED) is 0.710. The molecule has 1 amide bonds. The van der Waals surface area contributed by atoms with Gasteiger partial charge in [-0.25, -0.2) is 4.79 Å². The number of nitrogens with zero attached hydrogens (tertiary/aromatic N) is 1. The van der Waals surface area contributed by atoms with Gasteiger partial charge in [0.05, 0.1) is 11.4 Å². The lowest BCUT2D eigenvalue weighted by molar-refractivity contribution is 0.155. The average Bonchev–Trinajstić information content (AvgIpc) is 2.90. The van der Waals surface area contributed by atoms with Crippen LogP contribution in [0.2, 0.25) is 5.02 Å². The van der Waals surface area contributed by atoms with Gasteiger partial charge in [0.2, 0.25) is 0 Å². The van der Waals surface area contributed by atoms with E-state index in [4.69, 9.17) is 16.3 Å². The Balaban J connectivity index is 0.00000112. The van der Waals surface area contributed by atoms with E-state index in [0.29, 0.717) is 10.7 Å². The third kappa shape index (κ3) is 7.01. The molecule has 128 valence electrons. The Morgan fingerprint density at radius 2 is 1.83 bits per heavy atom. The van der Waals surface area contributed by atoms with Crippen LogP contribution in [0.5, 0.6) is 0 Å². The average molecular weight is 357 g/mol. The van der Waals surface area contributed by atoms with Gasteiger partial charge in [-0.05, 0) is 31.4 Å². The Labute approximate surface area is 148 Å². The van der Waals surface area contributed by atoms with E-state index in [-0.39, 0.29) is 6.61 Å². The summed E-state index contributed by atoms with van der Waals surface area (Å²) in [6.45, 7) is 11.9. The zero-order chi connectivity index (χ0) is 17.8. The van der Waals surface area contributed by atoms with Crippen LogP contribution in [-0.4, -0.2) is 10.5 Å². The lowest BCUT2D eigenvalue weighted by Gasteiger charge is -2.08. The molecule has 1 N–H and O–H groups in total. The Morgan fingerprint density at radius 1 is 1.22 bits per heavy atom. The number of halogens is 1. The molecule has 0 bridgehead atoms. The smallest absolute Gasteiger partial charge is 0.412 e. The number of hydrogen-bond donors (Lipinski definition) is 1. The first-order valence-electron chi connectivity index (χ1n) is 7.68. The van der Waals surface area contributed by atoms with E-state index in [9.17, 15) is 4.79 Å². The summed E-state index contributed by atoms with van der Waals surface area (Å²) in [5.41, 5.74) is 2.28. The third-order valence-electron chi connectivity index (χ3n) is 2.58. The van der Waals surface area contributed by atoms with E-state index in [0.717, 1.165) is 16.1 Å². The maximum atomic E-state index is 11.7. The number of hydrogen-bond acceptors (Lipinski definition) is 4. The number of anilines is 1. The Kier molecular flexibility index (Phi) is 11.1. The van der Waals surface area contributed by atoms with Gasteiger partial charge in [-0.3, -0.25) is 5.32 Å². The standard InChI is InChI=1S/C13H13ClN2O2S.2C2H6/c1-8-12(9(2)19-16-8)15-13(17)18-7-10-5-3-4-6-11(10)14;2*1-2/h3-6H,7H2,1-2H3,(H,15,17);2*1-2H3. The molecule has 6 heteroatoms. The summed E-state index contributed by atoms with van der Waals surface area (Å²) in [6.07, 6.45) is -0.508. The molecule has 23 heavy (non-hydrogen) atoms.